The molecule has 0 rings (SSSR count). The summed E-state index contributed by atoms with van der Waals surface area (Å²) in [7, 11) is 0. The smallest absolute Gasteiger partial charge is 0.218 e. The summed E-state index contributed by atoms with van der Waals surface area (Å²) in [5.74, 6) is 0. The van der Waals surface area contributed by atoms with Crippen molar-refractivity contribution >= 4 is 22.6 Å². The summed E-state index contributed by atoms with van der Waals surface area (Å²) in [5, 5.41) is 0. The van der Waals surface area contributed by atoms with Crippen LogP contribution < -0.4 is 0 Å². The molecule has 21 heavy (non-hydrogen) atoms. The number of hydrogen-bond donors (Lipinski definition) is 0. The molecule has 0 aliphatic carbocycles. The van der Waals surface area contributed by atoms with Gasteiger partial charge in [-0.3, -0.25) is 0 Å². The maximum absolute atomic E-state index is 13.2. The molecule has 0 unspecified atom stereocenters. The molecular formula is C7F13I. The van der Waals surface area contributed by atoms with Crippen LogP contribution in [-0.2, 0) is 0 Å². The van der Waals surface area contributed by atoms with Gasteiger partial charge in [-0.1, -0.05) is 0 Å². The van der Waals surface area contributed by atoms with Crippen LogP contribution in [0.5, 0.6) is 0 Å². The van der Waals surface area contributed by atoms with Gasteiger partial charge in [0.1, 0.15) is 9.15 Å². The molecule has 0 nitrogen and oxygen atoms in total. The van der Waals surface area contributed by atoms with Crippen molar-refractivity contribution in [3.8, 4) is 0 Å². The summed E-state index contributed by atoms with van der Waals surface area (Å²) in [5.41, 5.74) is -11.6. The van der Waals surface area contributed by atoms with E-state index >= 15 is 0 Å². The first-order chi connectivity index (χ1) is 8.78. The molecule has 0 atom stereocenters. The molecule has 0 bridgehead atoms. The maximum atomic E-state index is 13.2. The predicted octanol–water partition coefficient (Wildman–Crippen LogP) is 5.63. The van der Waals surface area contributed by atoms with E-state index in [-0.39, 0.29) is 0 Å². The van der Waals surface area contributed by atoms with Gasteiger partial charge in [0.25, 0.3) is 0 Å². The van der Waals surface area contributed by atoms with E-state index < -0.39 is 62.1 Å². The minimum Gasteiger partial charge on any atom is -0.218 e. The van der Waals surface area contributed by atoms with Gasteiger partial charge in [-0.15, -0.1) is 0 Å². The zero-order valence-corrected chi connectivity index (χ0v) is 10.9. The van der Waals surface area contributed by atoms with Gasteiger partial charge in [-0.2, -0.15) is 52.7 Å². The minimum absolute atomic E-state index is 0.465. The second kappa shape index (κ2) is 5.33. The lowest BCUT2D eigenvalue weighted by molar-refractivity contribution is -0.338. The molecule has 0 aromatic rings. The van der Waals surface area contributed by atoms with Crippen LogP contribution in [0.25, 0.3) is 0 Å². The van der Waals surface area contributed by atoms with Crippen LogP contribution in [0.4, 0.5) is 57.1 Å². The molecule has 0 heterocycles. The highest BCUT2D eigenvalue weighted by Crippen LogP contribution is 2.57. The Morgan fingerprint density at radius 2 is 0.810 bits per heavy atom. The fraction of sp³-hybridized carbons (Fsp3) is 0.714. The Morgan fingerprint density at radius 3 is 0.952 bits per heavy atom. The molecule has 0 amide bonds. The molecule has 0 spiro atoms. The number of allylic oxidation sites excluding steroid dienone is 2. The zero-order chi connectivity index (χ0) is 17.7. The van der Waals surface area contributed by atoms with Crippen molar-refractivity contribution in [2.45, 2.75) is 30.4 Å². The molecule has 126 valence electrons. The second-order valence-electron chi connectivity index (χ2n) is 3.34. The number of rotatable bonds is 1. The first-order valence-electron chi connectivity index (χ1n) is 4.15. The molecule has 0 fully saturated rings. The number of hydrogen-bond acceptors (Lipinski definition) is 0. The van der Waals surface area contributed by atoms with Crippen LogP contribution in [0.1, 0.15) is 0 Å². The Morgan fingerprint density at radius 1 is 0.524 bits per heavy atom. The number of halogens is 14. The minimum atomic E-state index is -7.31. The first kappa shape index (κ1) is 20.6. The summed E-state index contributed by atoms with van der Waals surface area (Å²) in [6.45, 7) is 0. The first-order valence-corrected chi connectivity index (χ1v) is 5.22. The van der Waals surface area contributed by atoms with Gasteiger partial charge in [0.15, 0.2) is 0 Å². The summed E-state index contributed by atoms with van der Waals surface area (Å²) in [6.07, 6.45) is -27.7. The number of alkyl halides is 13. The molecule has 0 N–H and O–H groups in total. The molecular weight excluding hydrogens is 458 g/mol. The molecule has 0 aromatic heterocycles. The Labute approximate surface area is 120 Å². The molecule has 14 heteroatoms. The highest BCUT2D eigenvalue weighted by molar-refractivity contribution is 14.1. The quantitative estimate of drug-likeness (QED) is 0.353. The summed E-state index contributed by atoms with van der Waals surface area (Å²) in [4.78, 5) is 0. The van der Waals surface area contributed by atoms with Crippen LogP contribution in [0.2, 0.25) is 0 Å². The monoisotopic (exact) mass is 458 g/mol. The van der Waals surface area contributed by atoms with E-state index in [4.69, 9.17) is 0 Å². The highest BCUT2D eigenvalue weighted by Gasteiger charge is 2.79. The van der Waals surface area contributed by atoms with Crippen molar-refractivity contribution in [1.82, 2.24) is 0 Å². The van der Waals surface area contributed by atoms with E-state index in [1.54, 1.807) is 0 Å². The van der Waals surface area contributed by atoms with Gasteiger partial charge >= 0.3 is 30.4 Å². The molecule has 0 aromatic carbocycles. The van der Waals surface area contributed by atoms with Crippen LogP contribution in [0.15, 0.2) is 9.15 Å². The predicted molar refractivity (Wildman–Crippen MR) is 49.1 cm³/mol. The van der Waals surface area contributed by atoms with E-state index in [1.165, 1.54) is 0 Å². The van der Waals surface area contributed by atoms with Crippen molar-refractivity contribution in [2.75, 3.05) is 0 Å². The van der Waals surface area contributed by atoms with Gasteiger partial charge in [0.2, 0.25) is 0 Å². The van der Waals surface area contributed by atoms with Gasteiger partial charge in [-0.05, 0) is 22.6 Å². The third-order valence-electron chi connectivity index (χ3n) is 1.88. The normalized spacial score (nSPS) is 16.9. The van der Waals surface area contributed by atoms with Crippen molar-refractivity contribution < 1.29 is 57.1 Å². The Hall–Kier alpha value is -0.440. The van der Waals surface area contributed by atoms with E-state index in [9.17, 15) is 57.1 Å². The van der Waals surface area contributed by atoms with E-state index in [2.05, 4.69) is 0 Å². The summed E-state index contributed by atoms with van der Waals surface area (Å²) < 4.78 is 156. The van der Waals surface area contributed by atoms with Crippen molar-refractivity contribution in [3.63, 3.8) is 0 Å². The fourth-order valence-electron chi connectivity index (χ4n) is 1.06. The second-order valence-corrected chi connectivity index (χ2v) is 4.42. The zero-order valence-electron chi connectivity index (χ0n) is 8.79. The molecule has 0 saturated carbocycles. The van der Waals surface area contributed by atoms with E-state index in [0.717, 1.165) is 0 Å². The van der Waals surface area contributed by atoms with Crippen molar-refractivity contribution in [2.24, 2.45) is 0 Å². The third kappa shape index (κ3) is 3.85. The van der Waals surface area contributed by atoms with Crippen LogP contribution >= 0.6 is 22.6 Å². The summed E-state index contributed by atoms with van der Waals surface area (Å²) in [6, 6.07) is 0. The van der Waals surface area contributed by atoms with Gasteiger partial charge in [-0.25, -0.2) is 4.39 Å². The van der Waals surface area contributed by atoms with Gasteiger partial charge in [0.05, 0.1) is 0 Å². The Bertz CT molecular complexity index is 402. The van der Waals surface area contributed by atoms with Gasteiger partial charge in [0, 0.05) is 0 Å². The van der Waals surface area contributed by atoms with Crippen molar-refractivity contribution in [1.29, 1.82) is 0 Å². The standard InChI is InChI=1S/C7F13I/c8-3(6(15,16)17,7(18,19)20)1(4(9,10)11)2(21)5(12,13)14/b2-1-. The average molecular weight is 458 g/mol. The van der Waals surface area contributed by atoms with Crippen LogP contribution in [-0.4, -0.2) is 30.4 Å². The third-order valence-corrected chi connectivity index (χ3v) is 3.03. The van der Waals surface area contributed by atoms with E-state index in [1.807, 2.05) is 0 Å². The lowest BCUT2D eigenvalue weighted by atomic mass is 9.92. The Kier molecular flexibility index (Phi) is 5.22. The average Bonchev–Trinajstić information content (AvgIpc) is 2.09. The van der Waals surface area contributed by atoms with Crippen molar-refractivity contribution in [3.05, 3.63) is 9.15 Å². The topological polar surface area (TPSA) is 0 Å². The van der Waals surface area contributed by atoms with Crippen LogP contribution in [0.3, 0.4) is 0 Å². The summed E-state index contributed by atoms with van der Waals surface area (Å²) >= 11 is -0.465. The fourth-order valence-corrected chi connectivity index (χ4v) is 1.73. The largest absolute Gasteiger partial charge is 0.436 e. The SMILES string of the molecule is FC(F)(F)/C(I)=C(/C(F)(F)F)C(F)(C(F)(F)F)C(F)(F)F. The van der Waals surface area contributed by atoms with Gasteiger partial charge < -0.3 is 0 Å². The van der Waals surface area contributed by atoms with Crippen LogP contribution in [0, 0.1) is 0 Å². The molecule has 0 radical (unpaired) electrons. The lowest BCUT2D eigenvalue weighted by Gasteiger charge is -2.34. The van der Waals surface area contributed by atoms with E-state index in [0.29, 0.717) is 0 Å². The molecule has 0 aliphatic heterocycles. The molecule has 0 aliphatic rings. The maximum Gasteiger partial charge on any atom is 0.436 e. The lowest BCUT2D eigenvalue weighted by Crippen LogP contribution is -2.58. The highest BCUT2D eigenvalue weighted by atomic mass is 127. The molecule has 0 saturated heterocycles. The Balaban J connectivity index is 6.83.